The number of nitrogens with two attached hydrogens (primary N) is 1. The van der Waals surface area contributed by atoms with E-state index in [2.05, 4.69) is 5.32 Å². The van der Waals surface area contributed by atoms with Crippen LogP contribution in [0.5, 0.6) is 0 Å². The van der Waals surface area contributed by atoms with Crippen LogP contribution in [0.25, 0.3) is 0 Å². The Morgan fingerprint density at radius 3 is 2.00 bits per heavy atom. The number of thiocarbonyl (C=S) groups is 1. The normalized spacial score (nSPS) is 23.8. The van der Waals surface area contributed by atoms with Crippen LogP contribution < -0.4 is 10.4 Å². The van der Waals surface area contributed by atoms with E-state index in [4.69, 9.17) is 17.0 Å². The van der Waals surface area contributed by atoms with Gasteiger partial charge in [0.1, 0.15) is 12.5 Å². The molecule has 0 bridgehead atoms. The molecule has 0 radical (unpaired) electrons. The average Bonchev–Trinajstić information content (AvgIpc) is 3.19. The molecule has 2 N–H and O–H groups in total. The van der Waals surface area contributed by atoms with E-state index in [-0.39, 0.29) is 19.1 Å². The van der Waals surface area contributed by atoms with Crippen molar-refractivity contribution in [2.75, 3.05) is 13.3 Å². The number of nitrogens with zero attached hydrogens (tertiary/aromatic N) is 1. The summed E-state index contributed by atoms with van der Waals surface area (Å²) < 4.78 is 4.99. The maximum absolute atomic E-state index is 10.7. The van der Waals surface area contributed by atoms with E-state index in [9.17, 15) is 14.7 Å². The van der Waals surface area contributed by atoms with Gasteiger partial charge in [-0.2, -0.15) is 0 Å². The van der Waals surface area contributed by atoms with Crippen LogP contribution in [0.1, 0.15) is 84.0 Å². The smallest absolute Gasteiger partial charge is 0.130 e. The molecule has 1 heterocycles. The molecule has 1 aliphatic heterocycles. The number of carboxylic acids is 1. The van der Waals surface area contributed by atoms with E-state index < -0.39 is 12.0 Å². The number of aliphatic carboxylic acids is 1. The molecule has 0 spiro atoms. The number of carbonyl (C=O) groups is 2. The van der Waals surface area contributed by atoms with Crippen LogP contribution in [0.15, 0.2) is 0 Å². The summed E-state index contributed by atoms with van der Waals surface area (Å²) in [4.78, 5) is 23.3. The Morgan fingerprint density at radius 2 is 1.54 bits per heavy atom. The molecule has 3 fully saturated rings. The van der Waals surface area contributed by atoms with Crippen molar-refractivity contribution in [1.29, 1.82) is 0 Å². The van der Waals surface area contributed by atoms with E-state index in [1.165, 1.54) is 76.0 Å². The summed E-state index contributed by atoms with van der Waals surface area (Å²) in [7, 11) is 0. The predicted octanol–water partition coefficient (Wildman–Crippen LogP) is 1.31. The second-order valence-corrected chi connectivity index (χ2v) is 8.86. The van der Waals surface area contributed by atoms with E-state index in [0.717, 1.165) is 12.1 Å². The monoisotopic (exact) mass is 412 g/mol. The molecule has 0 unspecified atom stereocenters. The SMILES string of the molecule is C1CCC([NH2+]C2CCCCC2)CC1.CC(=O)CCC(=S)N1COC[C@H]1C(=O)[O-]. The fraction of sp³-hybridized carbons (Fsp3) is 0.857. The maximum atomic E-state index is 10.7. The van der Waals surface area contributed by atoms with Crippen molar-refractivity contribution in [3.8, 4) is 0 Å². The van der Waals surface area contributed by atoms with Crippen molar-refractivity contribution in [3.63, 3.8) is 0 Å². The van der Waals surface area contributed by atoms with Gasteiger partial charge in [-0.25, -0.2) is 0 Å². The van der Waals surface area contributed by atoms with Gasteiger partial charge in [0.2, 0.25) is 0 Å². The first-order valence-corrected chi connectivity index (χ1v) is 11.3. The van der Waals surface area contributed by atoms with E-state index in [1.54, 1.807) is 0 Å². The summed E-state index contributed by atoms with van der Waals surface area (Å²) in [5.74, 6) is -1.17. The van der Waals surface area contributed by atoms with Crippen molar-refractivity contribution in [1.82, 2.24) is 4.90 Å². The lowest BCUT2D eigenvalue weighted by molar-refractivity contribution is -0.725. The highest BCUT2D eigenvalue weighted by Gasteiger charge is 2.28. The molecular formula is C21H36N2O4S. The van der Waals surface area contributed by atoms with Gasteiger partial charge in [-0.05, 0) is 58.3 Å². The zero-order valence-electron chi connectivity index (χ0n) is 17.2. The van der Waals surface area contributed by atoms with E-state index in [0.29, 0.717) is 17.8 Å². The largest absolute Gasteiger partial charge is 0.548 e. The number of carbonyl (C=O) groups excluding carboxylic acids is 2. The van der Waals surface area contributed by atoms with Gasteiger partial charge in [0.15, 0.2) is 0 Å². The highest BCUT2D eigenvalue weighted by atomic mass is 32.1. The third-order valence-electron chi connectivity index (χ3n) is 6.01. The average molecular weight is 413 g/mol. The van der Waals surface area contributed by atoms with Gasteiger partial charge in [0.25, 0.3) is 0 Å². The maximum Gasteiger partial charge on any atom is 0.130 e. The Labute approximate surface area is 174 Å². The molecule has 1 saturated heterocycles. The van der Waals surface area contributed by atoms with Gasteiger partial charge in [-0.3, -0.25) is 0 Å². The number of ether oxygens (including phenoxy) is 1. The molecule has 0 aromatic heterocycles. The van der Waals surface area contributed by atoms with Crippen LogP contribution in [0.4, 0.5) is 0 Å². The van der Waals surface area contributed by atoms with Gasteiger partial charge < -0.3 is 29.6 Å². The topological polar surface area (TPSA) is 86.3 Å². The van der Waals surface area contributed by atoms with Gasteiger partial charge in [0.05, 0.1) is 35.7 Å². The Hall–Kier alpha value is -1.05. The minimum Gasteiger partial charge on any atom is -0.548 e. The molecule has 160 valence electrons. The van der Waals surface area contributed by atoms with Crippen LogP contribution in [-0.4, -0.2) is 53.1 Å². The highest BCUT2D eigenvalue weighted by Crippen LogP contribution is 2.18. The van der Waals surface area contributed by atoms with Crippen LogP contribution in [0, 0.1) is 0 Å². The molecule has 7 heteroatoms. The zero-order chi connectivity index (χ0) is 20.4. The number of carboxylic acid groups (broad SMARTS) is 1. The van der Waals surface area contributed by atoms with Crippen molar-refractivity contribution >= 4 is 29.0 Å². The van der Waals surface area contributed by atoms with E-state index in [1.807, 2.05) is 0 Å². The van der Waals surface area contributed by atoms with Crippen LogP contribution >= 0.6 is 12.2 Å². The third-order valence-corrected chi connectivity index (χ3v) is 6.45. The number of ketones is 1. The fourth-order valence-corrected chi connectivity index (χ4v) is 4.63. The van der Waals surface area contributed by atoms with Gasteiger partial charge in [-0.15, -0.1) is 0 Å². The summed E-state index contributed by atoms with van der Waals surface area (Å²) >= 11 is 5.03. The van der Waals surface area contributed by atoms with Gasteiger partial charge in [-0.1, -0.05) is 25.1 Å². The summed E-state index contributed by atoms with van der Waals surface area (Å²) in [6.07, 6.45) is 15.7. The molecule has 6 nitrogen and oxygen atoms in total. The summed E-state index contributed by atoms with van der Waals surface area (Å²) in [6, 6.07) is 1.18. The molecule has 2 saturated carbocycles. The minimum atomic E-state index is -1.20. The minimum absolute atomic E-state index is 0.0301. The first-order chi connectivity index (χ1) is 13.5. The molecule has 0 aromatic rings. The Morgan fingerprint density at radius 1 is 1.00 bits per heavy atom. The number of Topliss-reactive ketones (excluding diaryl/α,β-unsaturated/α-hetero) is 1. The van der Waals surface area contributed by atoms with Crippen molar-refractivity contribution in [3.05, 3.63) is 0 Å². The molecule has 3 aliphatic rings. The highest BCUT2D eigenvalue weighted by molar-refractivity contribution is 7.80. The second-order valence-electron chi connectivity index (χ2n) is 8.39. The standard InChI is InChI=1S/C12H23N.C9H13NO4S/c1-3-7-11(8-4-1)13-12-9-5-2-6-10-12;1-6(11)2-3-8(15)10-5-14-4-7(10)9(12)13/h11-13H,1-10H2;7H,2-5H2,1H3,(H,12,13)/t;7-/m.0/s1. The second kappa shape index (κ2) is 12.5. The predicted molar refractivity (Wildman–Crippen MR) is 110 cm³/mol. The molecule has 1 atom stereocenters. The van der Waals surface area contributed by atoms with Crippen LogP contribution in [-0.2, 0) is 14.3 Å². The lowest BCUT2D eigenvalue weighted by atomic mass is 9.91. The first-order valence-electron chi connectivity index (χ1n) is 10.9. The van der Waals surface area contributed by atoms with Crippen LogP contribution in [0.3, 0.4) is 0 Å². The van der Waals surface area contributed by atoms with Gasteiger partial charge >= 0.3 is 0 Å². The van der Waals surface area contributed by atoms with Crippen LogP contribution in [0.2, 0.25) is 0 Å². The van der Waals surface area contributed by atoms with Crippen molar-refractivity contribution < 1.29 is 24.7 Å². The molecule has 2 aliphatic carbocycles. The van der Waals surface area contributed by atoms with Crippen molar-refractivity contribution in [2.24, 2.45) is 0 Å². The first kappa shape index (κ1) is 23.2. The molecular weight excluding hydrogens is 376 g/mol. The Bertz CT molecular complexity index is 501. The number of hydrogen-bond donors (Lipinski definition) is 1. The summed E-state index contributed by atoms with van der Waals surface area (Å²) in [5, 5.41) is 13.4. The quantitative estimate of drug-likeness (QED) is 0.662. The third kappa shape index (κ3) is 8.13. The summed E-state index contributed by atoms with van der Waals surface area (Å²) in [6.45, 7) is 1.72. The Kier molecular flexibility index (Phi) is 10.4. The number of rotatable bonds is 6. The lowest BCUT2D eigenvalue weighted by Crippen LogP contribution is -2.95. The van der Waals surface area contributed by atoms with Crippen molar-refractivity contribution in [2.45, 2.75) is 102 Å². The molecule has 3 rings (SSSR count). The molecule has 0 amide bonds. The number of quaternary nitrogens is 1. The molecule has 28 heavy (non-hydrogen) atoms. The molecule has 0 aromatic carbocycles. The lowest BCUT2D eigenvalue weighted by Gasteiger charge is -2.27. The van der Waals surface area contributed by atoms with Gasteiger partial charge in [0, 0.05) is 12.8 Å². The zero-order valence-corrected chi connectivity index (χ0v) is 18.0. The summed E-state index contributed by atoms with van der Waals surface area (Å²) in [5.41, 5.74) is 0. The van der Waals surface area contributed by atoms with E-state index >= 15 is 0 Å². The number of hydrogen-bond acceptors (Lipinski definition) is 5. The Balaban J connectivity index is 0.000000202. The fourth-order valence-electron chi connectivity index (χ4n) is 4.35.